The van der Waals surface area contributed by atoms with E-state index in [0.29, 0.717) is 5.69 Å². The molecule has 15 heteroatoms. The molecule has 0 aliphatic carbocycles. The first kappa shape index (κ1) is 25.2. The standard InChI is InChI=1S/C17H13F9N4O2/c1-7-2-3-8(5-28-7)11-9(15(18,19)20)4-10(27)12(30-11)13(31)29-6-14(32,16(21,22)23)17(24,25)26/h2-5,32H,6,27H2,1H3,(H,29,31). The van der Waals surface area contributed by atoms with Crippen LogP contribution in [0.2, 0.25) is 0 Å². The summed E-state index contributed by atoms with van der Waals surface area (Å²) in [5, 5.41) is 10.3. The summed E-state index contributed by atoms with van der Waals surface area (Å²) in [4.78, 5) is 19.4. The van der Waals surface area contributed by atoms with E-state index in [0.717, 1.165) is 12.3 Å². The Labute approximate surface area is 173 Å². The van der Waals surface area contributed by atoms with Crippen molar-refractivity contribution < 1.29 is 49.4 Å². The molecular formula is C17H13F9N4O2. The van der Waals surface area contributed by atoms with Gasteiger partial charge in [-0.25, -0.2) is 4.98 Å². The highest BCUT2D eigenvalue weighted by molar-refractivity contribution is 5.98. The van der Waals surface area contributed by atoms with E-state index >= 15 is 0 Å². The van der Waals surface area contributed by atoms with E-state index in [-0.39, 0.29) is 11.6 Å². The number of carbonyl (C=O) groups is 1. The number of aromatic nitrogens is 2. The molecule has 0 fully saturated rings. The first-order valence-electron chi connectivity index (χ1n) is 8.33. The lowest BCUT2D eigenvalue weighted by Crippen LogP contribution is -2.62. The summed E-state index contributed by atoms with van der Waals surface area (Å²) in [6, 6.07) is 2.72. The van der Waals surface area contributed by atoms with Gasteiger partial charge in [0.1, 0.15) is 0 Å². The minimum absolute atomic E-state index is 0.251. The maximum Gasteiger partial charge on any atom is 0.428 e. The second-order valence-corrected chi connectivity index (χ2v) is 6.55. The molecule has 0 unspecified atom stereocenters. The maximum absolute atomic E-state index is 13.4. The molecule has 0 bridgehead atoms. The number of aliphatic hydroxyl groups is 1. The number of rotatable bonds is 4. The summed E-state index contributed by atoms with van der Waals surface area (Å²) < 4.78 is 117. The summed E-state index contributed by atoms with van der Waals surface area (Å²) in [5.74, 6) is -1.77. The van der Waals surface area contributed by atoms with Crippen molar-refractivity contribution in [3.8, 4) is 11.3 Å². The maximum atomic E-state index is 13.4. The summed E-state index contributed by atoms with van der Waals surface area (Å²) in [6.45, 7) is -0.866. The summed E-state index contributed by atoms with van der Waals surface area (Å²) in [7, 11) is 0. The highest BCUT2D eigenvalue weighted by atomic mass is 19.4. The number of amides is 1. The molecule has 2 rings (SSSR count). The minimum Gasteiger partial charge on any atom is -0.397 e. The van der Waals surface area contributed by atoms with Crippen LogP contribution < -0.4 is 11.1 Å². The molecule has 1 amide bonds. The van der Waals surface area contributed by atoms with Crippen molar-refractivity contribution in [2.45, 2.75) is 31.1 Å². The number of aryl methyl sites for hydroxylation is 1. The van der Waals surface area contributed by atoms with Crippen molar-refractivity contribution in [2.75, 3.05) is 12.3 Å². The molecule has 176 valence electrons. The van der Waals surface area contributed by atoms with Crippen LogP contribution >= 0.6 is 0 Å². The Hall–Kier alpha value is -3.10. The molecule has 0 aliphatic heterocycles. The fourth-order valence-electron chi connectivity index (χ4n) is 2.41. The van der Waals surface area contributed by atoms with Gasteiger partial charge in [0, 0.05) is 17.5 Å². The van der Waals surface area contributed by atoms with Crippen LogP contribution in [0.15, 0.2) is 24.4 Å². The predicted molar refractivity (Wildman–Crippen MR) is 91.0 cm³/mol. The van der Waals surface area contributed by atoms with E-state index in [1.165, 1.54) is 18.3 Å². The van der Waals surface area contributed by atoms with Gasteiger partial charge in [0.2, 0.25) is 0 Å². The van der Waals surface area contributed by atoms with Crippen LogP contribution in [0.1, 0.15) is 21.7 Å². The Balaban J connectivity index is 2.50. The fraction of sp³-hybridized carbons (Fsp3) is 0.353. The third-order valence-corrected chi connectivity index (χ3v) is 4.20. The van der Waals surface area contributed by atoms with Gasteiger partial charge >= 0.3 is 18.5 Å². The number of pyridine rings is 2. The number of nitrogens with zero attached hydrogens (tertiary/aromatic N) is 2. The molecule has 4 N–H and O–H groups in total. The number of carbonyl (C=O) groups excluding carboxylic acids is 1. The van der Waals surface area contributed by atoms with E-state index in [2.05, 4.69) is 9.97 Å². The number of hydrogen-bond donors (Lipinski definition) is 3. The van der Waals surface area contributed by atoms with Gasteiger partial charge in [0.25, 0.3) is 11.5 Å². The van der Waals surface area contributed by atoms with Crippen LogP contribution in [0.4, 0.5) is 45.2 Å². The van der Waals surface area contributed by atoms with Crippen LogP contribution in [-0.4, -0.2) is 45.5 Å². The molecular weight excluding hydrogens is 463 g/mol. The van der Waals surface area contributed by atoms with Crippen molar-refractivity contribution in [1.82, 2.24) is 15.3 Å². The second kappa shape index (κ2) is 8.11. The summed E-state index contributed by atoms with van der Waals surface area (Å²) >= 11 is 0. The Morgan fingerprint density at radius 1 is 1.06 bits per heavy atom. The topological polar surface area (TPSA) is 101 Å². The lowest BCUT2D eigenvalue weighted by molar-refractivity contribution is -0.364. The van der Waals surface area contributed by atoms with Crippen molar-refractivity contribution in [2.24, 2.45) is 0 Å². The quantitative estimate of drug-likeness (QED) is 0.586. The van der Waals surface area contributed by atoms with Gasteiger partial charge in [0.05, 0.1) is 23.5 Å². The molecule has 32 heavy (non-hydrogen) atoms. The molecule has 2 heterocycles. The van der Waals surface area contributed by atoms with Gasteiger partial charge in [-0.15, -0.1) is 0 Å². The number of hydrogen-bond acceptors (Lipinski definition) is 5. The Bertz CT molecular complexity index is 985. The third-order valence-electron chi connectivity index (χ3n) is 4.20. The minimum atomic E-state index is -6.23. The summed E-state index contributed by atoms with van der Waals surface area (Å²) in [6.07, 6.45) is -16.5. The molecule has 0 radical (unpaired) electrons. The highest BCUT2D eigenvalue weighted by Crippen LogP contribution is 2.43. The van der Waals surface area contributed by atoms with Crippen LogP contribution in [0, 0.1) is 6.92 Å². The number of nitrogens with one attached hydrogen (secondary N) is 1. The Kier molecular flexibility index (Phi) is 6.38. The smallest absolute Gasteiger partial charge is 0.397 e. The van der Waals surface area contributed by atoms with Crippen molar-refractivity contribution in [1.29, 1.82) is 0 Å². The first-order chi connectivity index (χ1) is 14.4. The number of alkyl halides is 9. The molecule has 0 saturated carbocycles. The van der Waals surface area contributed by atoms with Crippen molar-refractivity contribution >= 4 is 11.6 Å². The van der Waals surface area contributed by atoms with Crippen LogP contribution in [0.3, 0.4) is 0 Å². The molecule has 2 aromatic heterocycles. The Morgan fingerprint density at radius 3 is 2.06 bits per heavy atom. The number of anilines is 1. The molecule has 6 nitrogen and oxygen atoms in total. The average Bonchev–Trinajstić information content (AvgIpc) is 2.63. The zero-order chi connectivity index (χ0) is 24.7. The summed E-state index contributed by atoms with van der Waals surface area (Å²) in [5.41, 5.74) is -4.16. The van der Waals surface area contributed by atoms with Gasteiger partial charge in [-0.3, -0.25) is 9.78 Å². The SMILES string of the molecule is Cc1ccc(-c2nc(C(=O)NCC(O)(C(F)(F)F)C(F)(F)F)c(N)cc2C(F)(F)F)cn1. The van der Waals surface area contributed by atoms with E-state index in [4.69, 9.17) is 10.8 Å². The number of halogens is 9. The number of nitrogens with two attached hydrogens (primary N) is 1. The zero-order valence-electron chi connectivity index (χ0n) is 15.7. The van der Waals surface area contributed by atoms with Gasteiger partial charge in [-0.1, -0.05) is 0 Å². The lowest BCUT2D eigenvalue weighted by Gasteiger charge is -2.32. The molecule has 0 spiro atoms. The fourth-order valence-corrected chi connectivity index (χ4v) is 2.41. The molecule has 2 aromatic rings. The molecule has 0 atom stereocenters. The zero-order valence-corrected chi connectivity index (χ0v) is 15.7. The number of nitrogen functional groups attached to an aromatic ring is 1. The third kappa shape index (κ3) is 4.87. The predicted octanol–water partition coefficient (Wildman–Crippen LogP) is 3.64. The van der Waals surface area contributed by atoms with E-state index < -0.39 is 59.2 Å². The Morgan fingerprint density at radius 2 is 1.62 bits per heavy atom. The molecule has 0 saturated heterocycles. The normalized spacial score (nSPS) is 13.2. The van der Waals surface area contributed by atoms with Gasteiger partial charge < -0.3 is 16.2 Å². The van der Waals surface area contributed by atoms with E-state index in [1.54, 1.807) is 0 Å². The highest BCUT2D eigenvalue weighted by Gasteiger charge is 2.70. The second-order valence-electron chi connectivity index (χ2n) is 6.55. The lowest BCUT2D eigenvalue weighted by atomic mass is 10.0. The van der Waals surface area contributed by atoms with Gasteiger partial charge in [0.15, 0.2) is 5.69 Å². The molecule has 0 aliphatic rings. The van der Waals surface area contributed by atoms with Crippen molar-refractivity contribution in [3.63, 3.8) is 0 Å². The van der Waals surface area contributed by atoms with Gasteiger partial charge in [-0.2, -0.15) is 39.5 Å². The molecule has 0 aromatic carbocycles. The largest absolute Gasteiger partial charge is 0.428 e. The van der Waals surface area contributed by atoms with E-state index in [9.17, 15) is 44.3 Å². The average molecular weight is 476 g/mol. The van der Waals surface area contributed by atoms with E-state index in [1.807, 2.05) is 0 Å². The van der Waals surface area contributed by atoms with Crippen LogP contribution in [0.25, 0.3) is 11.3 Å². The van der Waals surface area contributed by atoms with Gasteiger partial charge in [-0.05, 0) is 25.1 Å². The monoisotopic (exact) mass is 476 g/mol. The first-order valence-corrected chi connectivity index (χ1v) is 8.33. The van der Waals surface area contributed by atoms with Crippen molar-refractivity contribution in [3.05, 3.63) is 41.3 Å². The van der Waals surface area contributed by atoms with Crippen LogP contribution in [-0.2, 0) is 6.18 Å². The van der Waals surface area contributed by atoms with Crippen LogP contribution in [0.5, 0.6) is 0 Å².